The van der Waals surface area contributed by atoms with Crippen molar-refractivity contribution in [2.24, 2.45) is 5.92 Å². The fourth-order valence-corrected chi connectivity index (χ4v) is 2.83. The van der Waals surface area contributed by atoms with E-state index in [1.54, 1.807) is 36.3 Å². The molecule has 0 aliphatic carbocycles. The summed E-state index contributed by atoms with van der Waals surface area (Å²) in [5.41, 5.74) is 0.799. The van der Waals surface area contributed by atoms with Crippen LogP contribution in [0.25, 0.3) is 0 Å². The summed E-state index contributed by atoms with van der Waals surface area (Å²) in [6, 6.07) is 6.69. The SMILES string of the molecule is COc1ccc([C@H](CC(=O)N2CC[C@@H](C(=O)O)C2)NC(C)=O)cc1. The minimum Gasteiger partial charge on any atom is -0.497 e. The van der Waals surface area contributed by atoms with Crippen molar-refractivity contribution in [2.75, 3.05) is 20.2 Å². The molecule has 2 rings (SSSR count). The van der Waals surface area contributed by atoms with Crippen LogP contribution in [0.3, 0.4) is 0 Å². The number of amides is 2. The molecule has 0 spiro atoms. The van der Waals surface area contributed by atoms with E-state index in [2.05, 4.69) is 5.32 Å². The van der Waals surface area contributed by atoms with E-state index in [0.717, 1.165) is 5.56 Å². The zero-order valence-electron chi connectivity index (χ0n) is 13.8. The Labute approximate surface area is 140 Å². The van der Waals surface area contributed by atoms with Crippen LogP contribution in [0, 0.1) is 5.92 Å². The third-order valence-electron chi connectivity index (χ3n) is 4.16. The molecule has 7 heteroatoms. The number of carbonyl (C=O) groups is 3. The molecule has 130 valence electrons. The minimum absolute atomic E-state index is 0.0955. The second kappa shape index (κ2) is 7.81. The maximum Gasteiger partial charge on any atom is 0.308 e. The smallest absolute Gasteiger partial charge is 0.308 e. The second-order valence-electron chi connectivity index (χ2n) is 5.89. The number of aliphatic carboxylic acids is 1. The molecule has 1 aromatic rings. The molecule has 0 radical (unpaired) electrons. The molecule has 1 heterocycles. The van der Waals surface area contributed by atoms with Gasteiger partial charge in [-0.2, -0.15) is 0 Å². The Hall–Kier alpha value is -2.57. The van der Waals surface area contributed by atoms with Crippen molar-refractivity contribution in [1.29, 1.82) is 0 Å². The van der Waals surface area contributed by atoms with E-state index in [9.17, 15) is 14.4 Å². The van der Waals surface area contributed by atoms with Crippen LogP contribution in [0.5, 0.6) is 5.75 Å². The van der Waals surface area contributed by atoms with Gasteiger partial charge in [-0.25, -0.2) is 0 Å². The molecule has 1 saturated heterocycles. The number of ether oxygens (including phenoxy) is 1. The molecule has 0 bridgehead atoms. The van der Waals surface area contributed by atoms with Crippen LogP contribution >= 0.6 is 0 Å². The molecule has 7 nitrogen and oxygen atoms in total. The van der Waals surface area contributed by atoms with E-state index >= 15 is 0 Å². The number of hydrogen-bond donors (Lipinski definition) is 2. The maximum absolute atomic E-state index is 12.5. The summed E-state index contributed by atoms with van der Waals surface area (Å²) in [5.74, 6) is -1.08. The Morgan fingerprint density at radius 2 is 2.00 bits per heavy atom. The van der Waals surface area contributed by atoms with E-state index in [1.165, 1.54) is 6.92 Å². The number of benzene rings is 1. The molecule has 2 N–H and O–H groups in total. The molecule has 0 aromatic heterocycles. The lowest BCUT2D eigenvalue weighted by Gasteiger charge is -2.22. The van der Waals surface area contributed by atoms with Crippen molar-refractivity contribution in [3.05, 3.63) is 29.8 Å². The number of carbonyl (C=O) groups excluding carboxylic acids is 2. The minimum atomic E-state index is -0.876. The number of methoxy groups -OCH3 is 1. The standard InChI is InChI=1S/C17H22N2O5/c1-11(20)18-15(12-3-5-14(24-2)6-4-12)9-16(21)19-8-7-13(10-19)17(22)23/h3-6,13,15H,7-10H2,1-2H3,(H,18,20)(H,22,23)/t13-,15+/m1/s1. The van der Waals surface area contributed by atoms with Crippen LogP contribution in [0.4, 0.5) is 0 Å². The summed E-state index contributed by atoms with van der Waals surface area (Å²) < 4.78 is 5.11. The Balaban J connectivity index is 2.06. The molecule has 0 unspecified atom stereocenters. The quantitative estimate of drug-likeness (QED) is 0.815. The second-order valence-corrected chi connectivity index (χ2v) is 5.89. The zero-order chi connectivity index (χ0) is 17.7. The zero-order valence-corrected chi connectivity index (χ0v) is 13.8. The first-order chi connectivity index (χ1) is 11.4. The summed E-state index contributed by atoms with van der Waals surface area (Å²) >= 11 is 0. The monoisotopic (exact) mass is 334 g/mol. The van der Waals surface area contributed by atoms with E-state index in [1.807, 2.05) is 0 Å². The van der Waals surface area contributed by atoms with Crippen molar-refractivity contribution in [3.63, 3.8) is 0 Å². The normalized spacial score (nSPS) is 18.1. The van der Waals surface area contributed by atoms with Crippen LogP contribution in [0.2, 0.25) is 0 Å². The van der Waals surface area contributed by atoms with Gasteiger partial charge >= 0.3 is 5.97 Å². The Morgan fingerprint density at radius 1 is 1.33 bits per heavy atom. The van der Waals surface area contributed by atoms with Gasteiger partial charge in [0, 0.05) is 20.0 Å². The fraction of sp³-hybridized carbons (Fsp3) is 0.471. The highest BCUT2D eigenvalue weighted by Gasteiger charge is 2.32. The number of hydrogen-bond acceptors (Lipinski definition) is 4. The Morgan fingerprint density at radius 3 is 2.50 bits per heavy atom. The molecule has 1 fully saturated rings. The molecule has 2 atom stereocenters. The van der Waals surface area contributed by atoms with Gasteiger partial charge in [-0.3, -0.25) is 14.4 Å². The fourth-order valence-electron chi connectivity index (χ4n) is 2.83. The van der Waals surface area contributed by atoms with Gasteiger partial charge in [0.15, 0.2) is 0 Å². The summed E-state index contributed by atoms with van der Waals surface area (Å²) in [5, 5.41) is 11.8. The van der Waals surface area contributed by atoms with Gasteiger partial charge in [-0.1, -0.05) is 12.1 Å². The number of carboxylic acids is 1. The molecule has 0 saturated carbocycles. The molecule has 1 aliphatic heterocycles. The van der Waals surface area contributed by atoms with Crippen molar-refractivity contribution in [3.8, 4) is 5.75 Å². The van der Waals surface area contributed by atoms with Crippen LogP contribution < -0.4 is 10.1 Å². The first kappa shape index (κ1) is 17.8. The Bertz CT molecular complexity index is 614. The maximum atomic E-state index is 12.5. The van der Waals surface area contributed by atoms with Gasteiger partial charge in [0.05, 0.1) is 25.5 Å². The van der Waals surface area contributed by atoms with Crippen LogP contribution in [-0.4, -0.2) is 48.0 Å². The van der Waals surface area contributed by atoms with E-state index < -0.39 is 17.9 Å². The van der Waals surface area contributed by atoms with Crippen LogP contribution in [-0.2, 0) is 14.4 Å². The number of carboxylic acid groups (broad SMARTS) is 1. The first-order valence-electron chi connectivity index (χ1n) is 7.82. The molecule has 1 aliphatic rings. The van der Waals surface area contributed by atoms with Gasteiger partial charge < -0.3 is 20.1 Å². The van der Waals surface area contributed by atoms with Gasteiger partial charge in [0.1, 0.15) is 5.75 Å². The van der Waals surface area contributed by atoms with Gasteiger partial charge in [-0.15, -0.1) is 0 Å². The average molecular weight is 334 g/mol. The predicted molar refractivity (Wildman–Crippen MR) is 86.5 cm³/mol. The van der Waals surface area contributed by atoms with E-state index in [4.69, 9.17) is 9.84 Å². The number of rotatable bonds is 6. The average Bonchev–Trinajstić information content (AvgIpc) is 3.04. The summed E-state index contributed by atoms with van der Waals surface area (Å²) in [4.78, 5) is 36.5. The lowest BCUT2D eigenvalue weighted by atomic mass is 10.0. The largest absolute Gasteiger partial charge is 0.497 e. The molecule has 1 aromatic carbocycles. The number of nitrogens with zero attached hydrogens (tertiary/aromatic N) is 1. The van der Waals surface area contributed by atoms with Gasteiger partial charge in [0.2, 0.25) is 11.8 Å². The van der Waals surface area contributed by atoms with E-state index in [-0.39, 0.29) is 24.8 Å². The topological polar surface area (TPSA) is 95.9 Å². The lowest BCUT2D eigenvalue weighted by molar-refractivity contribution is -0.141. The van der Waals surface area contributed by atoms with Crippen molar-refractivity contribution >= 4 is 17.8 Å². The first-order valence-corrected chi connectivity index (χ1v) is 7.82. The van der Waals surface area contributed by atoms with Crippen molar-refractivity contribution in [2.45, 2.75) is 25.8 Å². The van der Waals surface area contributed by atoms with Gasteiger partial charge in [0.25, 0.3) is 0 Å². The highest BCUT2D eigenvalue weighted by atomic mass is 16.5. The highest BCUT2D eigenvalue weighted by molar-refractivity contribution is 5.80. The number of nitrogens with one attached hydrogen (secondary N) is 1. The number of likely N-dealkylation sites (tertiary alicyclic amines) is 1. The Kier molecular flexibility index (Phi) is 5.78. The lowest BCUT2D eigenvalue weighted by Crippen LogP contribution is -2.35. The molecular formula is C17H22N2O5. The predicted octanol–water partition coefficient (Wildman–Crippen LogP) is 1.20. The highest BCUT2D eigenvalue weighted by Crippen LogP contribution is 2.23. The molecule has 24 heavy (non-hydrogen) atoms. The van der Waals surface area contributed by atoms with E-state index in [0.29, 0.717) is 18.7 Å². The molecular weight excluding hydrogens is 312 g/mol. The molecule has 2 amide bonds. The van der Waals surface area contributed by atoms with Gasteiger partial charge in [-0.05, 0) is 24.1 Å². The van der Waals surface area contributed by atoms with Crippen LogP contribution in [0.1, 0.15) is 31.4 Å². The summed E-state index contributed by atoms with van der Waals surface area (Å²) in [6.07, 6.45) is 0.562. The third-order valence-corrected chi connectivity index (χ3v) is 4.16. The van der Waals surface area contributed by atoms with Crippen LogP contribution in [0.15, 0.2) is 24.3 Å². The summed E-state index contributed by atoms with van der Waals surface area (Å²) in [6.45, 7) is 2.06. The summed E-state index contributed by atoms with van der Waals surface area (Å²) in [7, 11) is 1.57. The third kappa shape index (κ3) is 4.47. The van der Waals surface area contributed by atoms with Crippen molar-refractivity contribution in [1.82, 2.24) is 10.2 Å². The van der Waals surface area contributed by atoms with Crippen molar-refractivity contribution < 1.29 is 24.2 Å².